The van der Waals surface area contributed by atoms with E-state index in [-0.39, 0.29) is 5.91 Å². The summed E-state index contributed by atoms with van der Waals surface area (Å²) < 4.78 is 0.558. The first kappa shape index (κ1) is 15.3. The van der Waals surface area contributed by atoms with Crippen molar-refractivity contribution in [1.82, 2.24) is 9.80 Å². The van der Waals surface area contributed by atoms with Gasteiger partial charge in [-0.2, -0.15) is 0 Å². The second kappa shape index (κ2) is 7.07. The molecule has 0 aliphatic carbocycles. The maximum absolute atomic E-state index is 12.5. The lowest BCUT2D eigenvalue weighted by Crippen LogP contribution is -2.48. The van der Waals surface area contributed by atoms with Crippen molar-refractivity contribution in [2.45, 2.75) is 11.5 Å². The summed E-state index contributed by atoms with van der Waals surface area (Å²) in [7, 11) is 0. The summed E-state index contributed by atoms with van der Waals surface area (Å²) in [5.74, 6) is 2.65. The van der Waals surface area contributed by atoms with Crippen LogP contribution in [0.25, 0.3) is 0 Å². The van der Waals surface area contributed by atoms with Crippen molar-refractivity contribution in [1.29, 1.82) is 0 Å². The van der Waals surface area contributed by atoms with Gasteiger partial charge in [0.2, 0.25) is 0 Å². The predicted molar refractivity (Wildman–Crippen MR) is 92.1 cm³/mol. The van der Waals surface area contributed by atoms with Crippen molar-refractivity contribution < 1.29 is 4.79 Å². The maximum atomic E-state index is 12.5. The quantitative estimate of drug-likeness (QED) is 0.854. The van der Waals surface area contributed by atoms with Crippen molar-refractivity contribution in [2.75, 3.05) is 44.2 Å². The van der Waals surface area contributed by atoms with Crippen LogP contribution >= 0.6 is 23.5 Å². The number of thioether (sulfide) groups is 2. The van der Waals surface area contributed by atoms with Crippen LogP contribution < -0.4 is 0 Å². The number of hydrogen-bond acceptors (Lipinski definition) is 4. The number of carbonyl (C=O) groups is 1. The highest BCUT2D eigenvalue weighted by Crippen LogP contribution is 2.45. The number of carbonyl (C=O) groups excluding carboxylic acids is 1. The maximum Gasteiger partial charge on any atom is 0.253 e. The number of rotatable bonds is 3. The average Bonchev–Trinajstić information content (AvgIpc) is 3.09. The van der Waals surface area contributed by atoms with Gasteiger partial charge >= 0.3 is 0 Å². The van der Waals surface area contributed by atoms with E-state index in [0.29, 0.717) is 4.58 Å². The zero-order valence-electron chi connectivity index (χ0n) is 12.5. The summed E-state index contributed by atoms with van der Waals surface area (Å²) in [6, 6.07) is 8.27. The van der Waals surface area contributed by atoms with E-state index in [2.05, 4.69) is 24.0 Å². The molecule has 114 valence electrons. The van der Waals surface area contributed by atoms with Crippen molar-refractivity contribution in [3.8, 4) is 0 Å². The molecule has 21 heavy (non-hydrogen) atoms. The minimum atomic E-state index is 0.184. The fourth-order valence-electron chi connectivity index (χ4n) is 2.78. The second-order valence-corrected chi connectivity index (χ2v) is 8.15. The van der Waals surface area contributed by atoms with Crippen molar-refractivity contribution in [3.05, 3.63) is 35.4 Å². The molecule has 2 aliphatic rings. The number of benzene rings is 1. The third-order valence-corrected chi connectivity index (χ3v) is 7.26. The van der Waals surface area contributed by atoms with E-state index in [4.69, 9.17) is 0 Å². The molecule has 1 amide bonds. The number of amides is 1. The molecule has 2 fully saturated rings. The Kier molecular flexibility index (Phi) is 5.14. The van der Waals surface area contributed by atoms with E-state index < -0.39 is 0 Å². The molecule has 1 aromatic carbocycles. The molecule has 0 unspecified atom stereocenters. The zero-order chi connectivity index (χ0) is 14.7. The van der Waals surface area contributed by atoms with Crippen LogP contribution in [0.4, 0.5) is 0 Å². The van der Waals surface area contributed by atoms with Crippen molar-refractivity contribution >= 4 is 29.4 Å². The van der Waals surface area contributed by atoms with Gasteiger partial charge in [0.25, 0.3) is 5.91 Å². The Labute approximate surface area is 135 Å². The fourth-order valence-corrected chi connectivity index (χ4v) is 5.64. The standard InChI is InChI=1S/C16H22N2OS2/c1-2-17-7-9-18(10-8-17)15(19)13-3-5-14(6-4-13)16-20-11-12-21-16/h3-6,16H,2,7-12H2,1H3. The molecule has 0 radical (unpaired) electrons. The number of hydrogen-bond donors (Lipinski definition) is 0. The van der Waals surface area contributed by atoms with E-state index in [1.165, 1.54) is 17.1 Å². The van der Waals surface area contributed by atoms with E-state index in [1.54, 1.807) is 0 Å². The van der Waals surface area contributed by atoms with Crippen molar-refractivity contribution in [3.63, 3.8) is 0 Å². The zero-order valence-corrected chi connectivity index (χ0v) is 14.1. The van der Waals surface area contributed by atoms with Gasteiger partial charge < -0.3 is 9.80 Å². The van der Waals surface area contributed by atoms with Crippen LogP contribution in [-0.2, 0) is 0 Å². The third kappa shape index (κ3) is 3.58. The molecule has 2 heterocycles. The van der Waals surface area contributed by atoms with Crippen LogP contribution in [0.2, 0.25) is 0 Å². The van der Waals surface area contributed by atoms with Crippen LogP contribution in [0, 0.1) is 0 Å². The first-order valence-corrected chi connectivity index (χ1v) is 9.72. The van der Waals surface area contributed by atoms with Crippen LogP contribution in [0.5, 0.6) is 0 Å². The van der Waals surface area contributed by atoms with Crippen LogP contribution in [0.3, 0.4) is 0 Å². The molecule has 0 spiro atoms. The molecule has 0 N–H and O–H groups in total. The Morgan fingerprint density at radius 1 is 1.10 bits per heavy atom. The second-order valence-electron chi connectivity index (χ2n) is 5.42. The average molecular weight is 322 g/mol. The lowest BCUT2D eigenvalue weighted by atomic mass is 10.1. The van der Waals surface area contributed by atoms with E-state index in [0.717, 1.165) is 38.3 Å². The summed E-state index contributed by atoms with van der Waals surface area (Å²) in [6.45, 7) is 6.94. The highest BCUT2D eigenvalue weighted by molar-refractivity contribution is 8.19. The van der Waals surface area contributed by atoms with Gasteiger partial charge in [0.05, 0.1) is 4.58 Å². The first-order valence-electron chi connectivity index (χ1n) is 7.62. The Bertz CT molecular complexity index is 478. The Hall–Kier alpha value is -0.650. The molecule has 5 heteroatoms. The number of likely N-dealkylation sites (N-methyl/N-ethyl adjacent to an activating group) is 1. The molecule has 3 rings (SSSR count). The molecule has 0 atom stereocenters. The molecule has 0 bridgehead atoms. The summed E-state index contributed by atoms with van der Waals surface area (Å²) in [5, 5.41) is 0. The Balaban J connectivity index is 1.62. The van der Waals surface area contributed by atoms with E-state index in [1.807, 2.05) is 40.6 Å². The van der Waals surface area contributed by atoms with Gasteiger partial charge in [-0.3, -0.25) is 4.79 Å². The molecule has 0 aromatic heterocycles. The normalized spacial score (nSPS) is 20.9. The largest absolute Gasteiger partial charge is 0.336 e. The van der Waals surface area contributed by atoms with Crippen LogP contribution in [-0.4, -0.2) is 59.9 Å². The van der Waals surface area contributed by atoms with Crippen LogP contribution in [0.15, 0.2) is 24.3 Å². The predicted octanol–water partition coefficient (Wildman–Crippen LogP) is 2.94. The van der Waals surface area contributed by atoms with E-state index in [9.17, 15) is 4.79 Å². The molecule has 2 aliphatic heterocycles. The molecular weight excluding hydrogens is 300 g/mol. The fraction of sp³-hybridized carbons (Fsp3) is 0.562. The van der Waals surface area contributed by atoms with E-state index >= 15 is 0 Å². The lowest BCUT2D eigenvalue weighted by molar-refractivity contribution is 0.0643. The molecule has 3 nitrogen and oxygen atoms in total. The van der Waals surface area contributed by atoms with Gasteiger partial charge in [-0.1, -0.05) is 19.1 Å². The summed E-state index contributed by atoms with van der Waals surface area (Å²) in [6.07, 6.45) is 0. The molecule has 0 saturated carbocycles. The highest BCUT2D eigenvalue weighted by atomic mass is 32.2. The van der Waals surface area contributed by atoms with Gasteiger partial charge in [-0.25, -0.2) is 0 Å². The van der Waals surface area contributed by atoms with Crippen molar-refractivity contribution in [2.24, 2.45) is 0 Å². The SMILES string of the molecule is CCN1CCN(C(=O)c2ccc(C3SCCS3)cc2)CC1. The van der Waals surface area contributed by atoms with Gasteiger partial charge in [0, 0.05) is 43.2 Å². The van der Waals surface area contributed by atoms with Gasteiger partial charge in [0.1, 0.15) is 0 Å². The Morgan fingerprint density at radius 2 is 1.71 bits per heavy atom. The highest BCUT2D eigenvalue weighted by Gasteiger charge is 2.22. The molecule has 1 aromatic rings. The van der Waals surface area contributed by atoms with Gasteiger partial charge in [-0.05, 0) is 24.2 Å². The summed E-state index contributed by atoms with van der Waals surface area (Å²) >= 11 is 4.01. The monoisotopic (exact) mass is 322 g/mol. The Morgan fingerprint density at radius 3 is 2.29 bits per heavy atom. The first-order chi connectivity index (χ1) is 10.3. The smallest absolute Gasteiger partial charge is 0.253 e. The minimum Gasteiger partial charge on any atom is -0.336 e. The summed E-state index contributed by atoms with van der Waals surface area (Å²) in [5.41, 5.74) is 2.17. The molecule has 2 saturated heterocycles. The summed E-state index contributed by atoms with van der Waals surface area (Å²) in [4.78, 5) is 16.9. The number of nitrogens with zero attached hydrogens (tertiary/aromatic N) is 2. The molecular formula is C16H22N2OS2. The third-order valence-electron chi connectivity index (χ3n) is 4.16. The van der Waals surface area contributed by atoms with Gasteiger partial charge in [-0.15, -0.1) is 23.5 Å². The minimum absolute atomic E-state index is 0.184. The van der Waals surface area contributed by atoms with Gasteiger partial charge in [0.15, 0.2) is 0 Å². The lowest BCUT2D eigenvalue weighted by Gasteiger charge is -2.34. The van der Waals surface area contributed by atoms with Crippen LogP contribution in [0.1, 0.15) is 27.4 Å². The topological polar surface area (TPSA) is 23.6 Å². The number of piperazine rings is 1.